The van der Waals surface area contributed by atoms with Crippen LogP contribution in [0.15, 0.2) is 42.5 Å². The minimum atomic E-state index is -1.09. The second-order valence-corrected chi connectivity index (χ2v) is 5.20. The maximum atomic E-state index is 12.2. The van der Waals surface area contributed by atoms with E-state index in [9.17, 15) is 9.59 Å². The Balaban J connectivity index is 1.90. The molecule has 7 nitrogen and oxygen atoms in total. The molecule has 3 rings (SSSR count). The molecular formula is C18H14N4O3. The van der Waals surface area contributed by atoms with E-state index >= 15 is 0 Å². The Hall–Kier alpha value is -3.79. The van der Waals surface area contributed by atoms with E-state index in [2.05, 4.69) is 26.8 Å². The molecule has 0 aliphatic carbocycles. The molecule has 0 atom stereocenters. The number of hydrogen-bond donors (Lipinski definition) is 4. The molecule has 0 radical (unpaired) electrons. The smallest absolute Gasteiger partial charge is 0.357 e. The number of aromatic amines is 1. The van der Waals surface area contributed by atoms with Gasteiger partial charge >= 0.3 is 5.97 Å². The van der Waals surface area contributed by atoms with Gasteiger partial charge in [-0.2, -0.15) is 5.10 Å². The Kier molecular flexibility index (Phi) is 4.35. The highest BCUT2D eigenvalue weighted by Crippen LogP contribution is 2.25. The molecular weight excluding hydrogens is 320 g/mol. The molecule has 0 saturated heterocycles. The van der Waals surface area contributed by atoms with Crippen molar-refractivity contribution in [2.75, 3.05) is 11.9 Å². The first kappa shape index (κ1) is 16.1. The number of rotatable bonds is 5. The van der Waals surface area contributed by atoms with Crippen LogP contribution in [0.25, 0.3) is 10.9 Å². The Bertz CT molecular complexity index is 1000. The van der Waals surface area contributed by atoms with Gasteiger partial charge in [0, 0.05) is 11.1 Å². The van der Waals surface area contributed by atoms with Gasteiger partial charge in [-0.3, -0.25) is 9.89 Å². The van der Waals surface area contributed by atoms with E-state index in [1.54, 1.807) is 42.5 Å². The van der Waals surface area contributed by atoms with E-state index in [0.717, 1.165) is 0 Å². The van der Waals surface area contributed by atoms with E-state index in [-0.39, 0.29) is 18.1 Å². The number of carboxylic acid groups (broad SMARTS) is 1. The zero-order chi connectivity index (χ0) is 17.8. The standard InChI is InChI=1S/C18H14N4O3/c1-2-9-19-17(23)13-5-3-4-6-14(13)20-11-7-8-12-15(10-11)21-22-16(12)18(24)25/h1,3-8,10,20H,9H2,(H,19,23)(H,21,22)(H,24,25). The van der Waals surface area contributed by atoms with Gasteiger partial charge in [-0.1, -0.05) is 18.1 Å². The van der Waals surface area contributed by atoms with E-state index in [4.69, 9.17) is 11.5 Å². The van der Waals surface area contributed by atoms with Crippen LogP contribution in [0.3, 0.4) is 0 Å². The molecule has 1 aromatic heterocycles. The first-order valence-corrected chi connectivity index (χ1v) is 7.39. The summed E-state index contributed by atoms with van der Waals surface area (Å²) in [5.74, 6) is 0.982. The number of nitrogens with one attached hydrogen (secondary N) is 3. The summed E-state index contributed by atoms with van der Waals surface area (Å²) < 4.78 is 0. The number of aromatic nitrogens is 2. The van der Waals surface area contributed by atoms with Gasteiger partial charge in [0.1, 0.15) is 0 Å². The quantitative estimate of drug-likeness (QED) is 0.536. The molecule has 2 aromatic carbocycles. The topological polar surface area (TPSA) is 107 Å². The van der Waals surface area contributed by atoms with Gasteiger partial charge in [-0.15, -0.1) is 6.42 Å². The predicted molar refractivity (Wildman–Crippen MR) is 93.9 cm³/mol. The van der Waals surface area contributed by atoms with Crippen molar-refractivity contribution in [1.82, 2.24) is 15.5 Å². The van der Waals surface area contributed by atoms with Gasteiger partial charge in [-0.05, 0) is 30.3 Å². The van der Waals surface area contributed by atoms with Crippen LogP contribution in [0.4, 0.5) is 11.4 Å². The van der Waals surface area contributed by atoms with Crippen LogP contribution >= 0.6 is 0 Å². The van der Waals surface area contributed by atoms with Gasteiger partial charge in [0.05, 0.1) is 23.3 Å². The monoisotopic (exact) mass is 334 g/mol. The number of terminal acetylenes is 1. The maximum Gasteiger partial charge on any atom is 0.357 e. The highest BCUT2D eigenvalue weighted by atomic mass is 16.4. The average Bonchev–Trinajstić information content (AvgIpc) is 3.03. The van der Waals surface area contributed by atoms with E-state index in [1.807, 2.05) is 0 Å². The van der Waals surface area contributed by atoms with Crippen LogP contribution in [0.1, 0.15) is 20.8 Å². The Morgan fingerprint density at radius 1 is 1.24 bits per heavy atom. The maximum absolute atomic E-state index is 12.2. The summed E-state index contributed by atoms with van der Waals surface area (Å²) in [6, 6.07) is 12.1. The molecule has 1 heterocycles. The highest BCUT2D eigenvalue weighted by Gasteiger charge is 2.14. The fraction of sp³-hybridized carbons (Fsp3) is 0.0556. The lowest BCUT2D eigenvalue weighted by molar-refractivity contribution is 0.0692. The average molecular weight is 334 g/mol. The number of carbonyl (C=O) groups excluding carboxylic acids is 1. The van der Waals surface area contributed by atoms with Crippen LogP contribution in [0.5, 0.6) is 0 Å². The van der Waals surface area contributed by atoms with Gasteiger partial charge in [-0.25, -0.2) is 4.79 Å². The van der Waals surface area contributed by atoms with E-state index in [1.165, 1.54) is 0 Å². The molecule has 0 bridgehead atoms. The number of anilines is 2. The molecule has 3 aromatic rings. The van der Waals surface area contributed by atoms with Crippen molar-refractivity contribution < 1.29 is 14.7 Å². The van der Waals surface area contributed by atoms with Gasteiger partial charge < -0.3 is 15.7 Å². The molecule has 7 heteroatoms. The first-order valence-electron chi connectivity index (χ1n) is 7.39. The summed E-state index contributed by atoms with van der Waals surface area (Å²) in [6.07, 6.45) is 5.16. The van der Waals surface area contributed by atoms with Crippen LogP contribution in [-0.2, 0) is 0 Å². The zero-order valence-corrected chi connectivity index (χ0v) is 13.0. The summed E-state index contributed by atoms with van der Waals surface area (Å²) in [5.41, 5.74) is 2.29. The SMILES string of the molecule is C#CCNC(=O)c1ccccc1Nc1ccc2c(C(=O)O)n[nH]c2c1. The normalized spacial score (nSPS) is 10.2. The summed E-state index contributed by atoms with van der Waals surface area (Å²) in [6.45, 7) is 0.144. The molecule has 0 saturated carbocycles. The summed E-state index contributed by atoms with van der Waals surface area (Å²) in [4.78, 5) is 23.3. The number of carboxylic acids is 1. The van der Waals surface area contributed by atoms with Crippen LogP contribution in [-0.4, -0.2) is 33.7 Å². The molecule has 0 unspecified atom stereocenters. The second kappa shape index (κ2) is 6.76. The van der Waals surface area contributed by atoms with E-state index < -0.39 is 5.97 Å². The van der Waals surface area contributed by atoms with Gasteiger partial charge in [0.2, 0.25) is 0 Å². The molecule has 0 spiro atoms. The number of benzene rings is 2. The summed E-state index contributed by atoms with van der Waals surface area (Å²) in [5, 5.41) is 21.9. The van der Waals surface area contributed by atoms with Crippen molar-refractivity contribution in [1.29, 1.82) is 0 Å². The molecule has 0 fully saturated rings. The fourth-order valence-electron chi connectivity index (χ4n) is 2.43. The van der Waals surface area contributed by atoms with Crippen molar-refractivity contribution in [3.8, 4) is 12.3 Å². The van der Waals surface area contributed by atoms with Crippen LogP contribution in [0.2, 0.25) is 0 Å². The number of amides is 1. The minimum absolute atomic E-state index is 0.0318. The number of aromatic carboxylic acids is 1. The van der Waals surface area contributed by atoms with Crippen molar-refractivity contribution in [2.45, 2.75) is 0 Å². The summed E-state index contributed by atoms with van der Waals surface area (Å²) in [7, 11) is 0. The predicted octanol–water partition coefficient (Wildman–Crippen LogP) is 2.37. The number of H-pyrrole nitrogens is 1. The third kappa shape index (κ3) is 3.28. The van der Waals surface area contributed by atoms with Crippen molar-refractivity contribution in [3.05, 3.63) is 53.7 Å². The second-order valence-electron chi connectivity index (χ2n) is 5.20. The number of nitrogens with zero attached hydrogens (tertiary/aromatic N) is 1. The van der Waals surface area contributed by atoms with Gasteiger partial charge in [0.25, 0.3) is 5.91 Å². The third-order valence-corrected chi connectivity index (χ3v) is 3.57. The largest absolute Gasteiger partial charge is 0.476 e. The lowest BCUT2D eigenvalue weighted by Gasteiger charge is -2.11. The van der Waals surface area contributed by atoms with Crippen molar-refractivity contribution in [2.24, 2.45) is 0 Å². The van der Waals surface area contributed by atoms with Crippen molar-refractivity contribution in [3.63, 3.8) is 0 Å². The van der Waals surface area contributed by atoms with Crippen LogP contribution < -0.4 is 10.6 Å². The molecule has 4 N–H and O–H groups in total. The molecule has 1 amide bonds. The summed E-state index contributed by atoms with van der Waals surface area (Å²) >= 11 is 0. The number of hydrogen-bond acceptors (Lipinski definition) is 4. The number of para-hydroxylation sites is 1. The third-order valence-electron chi connectivity index (χ3n) is 3.57. The molecule has 25 heavy (non-hydrogen) atoms. The zero-order valence-electron chi connectivity index (χ0n) is 13.0. The minimum Gasteiger partial charge on any atom is -0.476 e. The molecule has 124 valence electrons. The number of fused-ring (bicyclic) bond motifs is 1. The molecule has 0 aliphatic heterocycles. The van der Waals surface area contributed by atoms with Gasteiger partial charge in [0.15, 0.2) is 5.69 Å². The number of carbonyl (C=O) groups is 2. The van der Waals surface area contributed by atoms with Crippen LogP contribution in [0, 0.1) is 12.3 Å². The Labute approximate surface area is 143 Å². The lowest BCUT2D eigenvalue weighted by atomic mass is 10.1. The van der Waals surface area contributed by atoms with Crippen molar-refractivity contribution >= 4 is 34.2 Å². The van der Waals surface area contributed by atoms with E-state index in [0.29, 0.717) is 27.8 Å². The fourth-order valence-corrected chi connectivity index (χ4v) is 2.43. The first-order chi connectivity index (χ1) is 12.1. The highest BCUT2D eigenvalue weighted by molar-refractivity contribution is 6.03. The lowest BCUT2D eigenvalue weighted by Crippen LogP contribution is -2.24. The Morgan fingerprint density at radius 3 is 2.80 bits per heavy atom. The Morgan fingerprint density at radius 2 is 2.04 bits per heavy atom. The molecule has 0 aliphatic rings.